The van der Waals surface area contributed by atoms with Crippen molar-refractivity contribution in [2.24, 2.45) is 22.7 Å². The number of thiazole rings is 1. The molecule has 0 saturated heterocycles. The summed E-state index contributed by atoms with van der Waals surface area (Å²) in [5.74, 6) is -0.964. The molecule has 216 valence electrons. The fourth-order valence-electron chi connectivity index (χ4n) is 4.23. The van der Waals surface area contributed by atoms with E-state index >= 15 is 0 Å². The van der Waals surface area contributed by atoms with Gasteiger partial charge in [0.05, 0.1) is 5.92 Å². The van der Waals surface area contributed by atoms with Gasteiger partial charge in [-0.3, -0.25) is 14.4 Å². The zero-order valence-electron chi connectivity index (χ0n) is 23.8. The Labute approximate surface area is 235 Å². The van der Waals surface area contributed by atoms with Gasteiger partial charge in [0, 0.05) is 50.4 Å². The second kappa shape index (κ2) is 17.5. The van der Waals surface area contributed by atoms with Crippen molar-refractivity contribution in [2.75, 3.05) is 20.6 Å². The van der Waals surface area contributed by atoms with E-state index in [9.17, 15) is 24.3 Å². The summed E-state index contributed by atoms with van der Waals surface area (Å²) in [6, 6.07) is -0.409. The third kappa shape index (κ3) is 11.3. The van der Waals surface area contributed by atoms with E-state index in [1.54, 1.807) is 11.9 Å². The van der Waals surface area contributed by atoms with Crippen LogP contribution in [0.15, 0.2) is 10.4 Å². The number of esters is 1. The molecule has 0 aromatic carbocycles. The number of carboxylic acid groups (broad SMARTS) is 1. The first kappa shape index (κ1) is 33.9. The van der Waals surface area contributed by atoms with Crippen molar-refractivity contribution in [2.45, 2.75) is 78.4 Å². The largest absolute Gasteiger partial charge is 0.476 e. The lowest BCUT2D eigenvalue weighted by molar-refractivity contribution is -0.148. The van der Waals surface area contributed by atoms with E-state index < -0.39 is 35.9 Å². The average Bonchev–Trinajstić information content (AvgIpc) is 3.38. The Morgan fingerprint density at radius 1 is 1.28 bits per heavy atom. The first-order chi connectivity index (χ1) is 18.5. The van der Waals surface area contributed by atoms with Crippen molar-refractivity contribution in [3.05, 3.63) is 16.1 Å². The molecule has 0 saturated carbocycles. The smallest absolute Gasteiger partial charge is 0.355 e. The van der Waals surface area contributed by atoms with Crippen LogP contribution >= 0.6 is 11.3 Å². The molecule has 11 heteroatoms. The van der Waals surface area contributed by atoms with Crippen LogP contribution in [-0.4, -0.2) is 71.6 Å². The lowest BCUT2D eigenvalue weighted by Gasteiger charge is -2.35. The minimum absolute atomic E-state index is 0.0568. The van der Waals surface area contributed by atoms with Gasteiger partial charge in [-0.25, -0.2) is 14.8 Å². The Morgan fingerprint density at radius 3 is 2.49 bits per heavy atom. The molecule has 1 unspecified atom stereocenters. The third-order valence-electron chi connectivity index (χ3n) is 6.46. The van der Waals surface area contributed by atoms with Crippen LogP contribution in [0.25, 0.3) is 0 Å². The number of carboxylic acids is 1. The van der Waals surface area contributed by atoms with E-state index in [1.165, 1.54) is 18.5 Å². The zero-order chi connectivity index (χ0) is 29.5. The van der Waals surface area contributed by atoms with Crippen LogP contribution < -0.4 is 5.32 Å². The van der Waals surface area contributed by atoms with Gasteiger partial charge >= 0.3 is 11.9 Å². The molecule has 0 fully saturated rings. The lowest BCUT2D eigenvalue weighted by atomic mass is 9.88. The van der Waals surface area contributed by atoms with E-state index in [0.29, 0.717) is 17.8 Å². The van der Waals surface area contributed by atoms with Crippen LogP contribution in [-0.2, 0) is 19.1 Å². The molecule has 0 radical (unpaired) electrons. The molecule has 1 rings (SSSR count). The Kier molecular flexibility index (Phi) is 15.2. The van der Waals surface area contributed by atoms with Gasteiger partial charge in [-0.1, -0.05) is 27.2 Å². The predicted molar refractivity (Wildman–Crippen MR) is 152 cm³/mol. The maximum absolute atomic E-state index is 13.7. The molecule has 1 aromatic heterocycles. The quantitative estimate of drug-likeness (QED) is 0.126. The molecule has 0 aliphatic heterocycles. The topological polar surface area (TPSA) is 138 Å². The van der Waals surface area contributed by atoms with Crippen molar-refractivity contribution >= 4 is 41.3 Å². The van der Waals surface area contributed by atoms with Gasteiger partial charge in [-0.05, 0) is 38.8 Å². The normalized spacial score (nSPS) is 14.4. The second-order valence-corrected chi connectivity index (χ2v) is 10.7. The molecule has 2 N–H and O–H groups in total. The number of unbranched alkanes of at least 4 members (excludes halogenated alkanes) is 2. The Balaban J connectivity index is 3.16. The van der Waals surface area contributed by atoms with Crippen molar-refractivity contribution in [3.63, 3.8) is 0 Å². The number of aromatic carboxylic acids is 1. The molecule has 1 heterocycles. The highest BCUT2D eigenvalue weighted by atomic mass is 32.1. The van der Waals surface area contributed by atoms with Gasteiger partial charge < -0.3 is 20.1 Å². The minimum Gasteiger partial charge on any atom is -0.476 e. The molecule has 0 aliphatic carbocycles. The number of nitrogens with zero attached hydrogens (tertiary/aromatic N) is 3. The molecule has 1 aromatic rings. The van der Waals surface area contributed by atoms with Crippen LogP contribution in [0, 0.1) is 30.1 Å². The molecule has 0 bridgehead atoms. The summed E-state index contributed by atoms with van der Waals surface area (Å²) in [7, 11) is 3.53. The standard InChI is InChI=1S/C28H42N4O6S/c1-8-20(9-2)21(16-30-25(34)13-11-10-12-14-29-6)27(35)32(7)23(18(3)4)15-24(38-19(5)33)26-31-22(17-39-26)28(36)37/h1,16-18,20-21,23-24,29H,9-15H2,2-7H3,(H,36,37)/b30-16+/t20-,21?,23+,24+/m0/s1. The number of nitrogens with one attached hydrogen (secondary N) is 1. The summed E-state index contributed by atoms with van der Waals surface area (Å²) in [6.45, 7) is 7.90. The molecule has 0 spiro atoms. The van der Waals surface area contributed by atoms with Crippen LogP contribution in [0.4, 0.5) is 0 Å². The van der Waals surface area contributed by atoms with E-state index in [2.05, 4.69) is 21.2 Å². The van der Waals surface area contributed by atoms with Gasteiger partial charge in [0.2, 0.25) is 11.8 Å². The predicted octanol–water partition coefficient (Wildman–Crippen LogP) is 3.97. The van der Waals surface area contributed by atoms with Gasteiger partial charge in [0.1, 0.15) is 5.01 Å². The maximum Gasteiger partial charge on any atom is 0.355 e. The van der Waals surface area contributed by atoms with Gasteiger partial charge in [0.25, 0.3) is 0 Å². The summed E-state index contributed by atoms with van der Waals surface area (Å²) in [5.41, 5.74) is -0.138. The number of carbonyl (C=O) groups is 4. The van der Waals surface area contributed by atoms with Crippen molar-refractivity contribution in [1.82, 2.24) is 15.2 Å². The molecule has 39 heavy (non-hydrogen) atoms. The Bertz CT molecular complexity index is 1030. The zero-order valence-corrected chi connectivity index (χ0v) is 24.6. The number of aliphatic imine (C=N–C) groups is 1. The highest BCUT2D eigenvalue weighted by molar-refractivity contribution is 7.09. The fraction of sp³-hybridized carbons (Fsp3) is 0.643. The van der Waals surface area contributed by atoms with Crippen LogP contribution in [0.2, 0.25) is 0 Å². The Hall–Kier alpha value is -3.10. The molecule has 0 aliphatic rings. The fourth-order valence-corrected chi connectivity index (χ4v) is 5.06. The van der Waals surface area contributed by atoms with Crippen molar-refractivity contribution in [1.29, 1.82) is 0 Å². The van der Waals surface area contributed by atoms with Gasteiger partial charge in [-0.15, -0.1) is 23.7 Å². The summed E-state index contributed by atoms with van der Waals surface area (Å²) in [4.78, 5) is 59.1. The number of rotatable bonds is 17. The molecule has 10 nitrogen and oxygen atoms in total. The van der Waals surface area contributed by atoms with Crippen LogP contribution in [0.3, 0.4) is 0 Å². The lowest BCUT2D eigenvalue weighted by Crippen LogP contribution is -2.46. The molecule has 2 amide bonds. The van der Waals surface area contributed by atoms with E-state index in [1.807, 2.05) is 27.8 Å². The van der Waals surface area contributed by atoms with Crippen molar-refractivity contribution < 1.29 is 29.0 Å². The Morgan fingerprint density at radius 2 is 1.97 bits per heavy atom. The van der Waals surface area contributed by atoms with E-state index in [-0.39, 0.29) is 29.8 Å². The monoisotopic (exact) mass is 562 g/mol. The van der Waals surface area contributed by atoms with Gasteiger partial charge in [0.15, 0.2) is 11.8 Å². The highest BCUT2D eigenvalue weighted by Gasteiger charge is 2.35. The number of aromatic nitrogens is 1. The van der Waals surface area contributed by atoms with Crippen LogP contribution in [0.5, 0.6) is 0 Å². The first-order valence-electron chi connectivity index (χ1n) is 13.3. The summed E-state index contributed by atoms with van der Waals surface area (Å²) < 4.78 is 5.50. The van der Waals surface area contributed by atoms with Crippen molar-refractivity contribution in [3.8, 4) is 12.3 Å². The number of amides is 2. The molecular weight excluding hydrogens is 520 g/mol. The summed E-state index contributed by atoms with van der Waals surface area (Å²) in [6.07, 6.45) is 9.90. The number of ether oxygens (including phenoxy) is 1. The maximum atomic E-state index is 13.7. The van der Waals surface area contributed by atoms with Crippen LogP contribution in [0.1, 0.15) is 87.8 Å². The number of hydrogen-bond acceptors (Lipinski definition) is 8. The number of carbonyl (C=O) groups excluding carboxylic acids is 3. The van der Waals surface area contributed by atoms with E-state index in [4.69, 9.17) is 11.2 Å². The molecular formula is C28H42N4O6S. The first-order valence-corrected chi connectivity index (χ1v) is 14.1. The summed E-state index contributed by atoms with van der Waals surface area (Å²) >= 11 is 1.08. The van der Waals surface area contributed by atoms with Gasteiger partial charge in [-0.2, -0.15) is 0 Å². The molecule has 4 atom stereocenters. The third-order valence-corrected chi connectivity index (χ3v) is 7.40. The number of hydrogen-bond donors (Lipinski definition) is 2. The highest BCUT2D eigenvalue weighted by Crippen LogP contribution is 2.31. The van der Waals surface area contributed by atoms with E-state index in [0.717, 1.165) is 37.1 Å². The number of terminal acetylenes is 1. The summed E-state index contributed by atoms with van der Waals surface area (Å²) in [5, 5.41) is 14.0. The minimum atomic E-state index is -1.18. The SMILES string of the molecule is C#C[C@@H](CC)C(/C=N/C(=O)CCCCCNC)C(=O)N(C)[C@H](C[C@@H](OC(C)=O)c1nc(C(=O)O)cs1)C(C)C. The second-order valence-electron chi connectivity index (χ2n) is 9.76. The average molecular weight is 563 g/mol.